The largest absolute Gasteiger partial charge is 0.391 e. The summed E-state index contributed by atoms with van der Waals surface area (Å²) in [6.07, 6.45) is 1.39. The molecule has 0 bridgehead atoms. The van der Waals surface area contributed by atoms with Gasteiger partial charge in [-0.3, -0.25) is 4.68 Å². The van der Waals surface area contributed by atoms with E-state index in [-0.39, 0.29) is 6.10 Å². The van der Waals surface area contributed by atoms with Crippen LogP contribution < -0.4 is 0 Å². The van der Waals surface area contributed by atoms with Gasteiger partial charge in [-0.1, -0.05) is 0 Å². The van der Waals surface area contributed by atoms with E-state index in [2.05, 4.69) is 21.0 Å². The van der Waals surface area contributed by atoms with Crippen molar-refractivity contribution in [2.24, 2.45) is 0 Å². The maximum atomic E-state index is 9.06. The lowest BCUT2D eigenvalue weighted by Gasteiger charge is -2.05. The van der Waals surface area contributed by atoms with E-state index < -0.39 is 0 Å². The molecule has 0 aliphatic heterocycles. The molecule has 0 saturated heterocycles. The summed E-state index contributed by atoms with van der Waals surface area (Å²) in [6.45, 7) is 4.26. The predicted molar refractivity (Wildman–Crippen MR) is 46.3 cm³/mol. The molecule has 0 spiro atoms. The van der Waals surface area contributed by atoms with E-state index in [0.29, 0.717) is 6.54 Å². The summed E-state index contributed by atoms with van der Waals surface area (Å²) < 4.78 is 2.76. The van der Waals surface area contributed by atoms with Gasteiger partial charge < -0.3 is 5.11 Å². The van der Waals surface area contributed by atoms with Crippen LogP contribution >= 0.6 is 15.9 Å². The summed E-state index contributed by atoms with van der Waals surface area (Å²) in [4.78, 5) is 0. The summed E-state index contributed by atoms with van der Waals surface area (Å²) >= 11 is 3.34. The van der Waals surface area contributed by atoms with Gasteiger partial charge in [0.1, 0.15) is 0 Å². The summed E-state index contributed by atoms with van der Waals surface area (Å²) in [5, 5.41) is 13.1. The maximum absolute atomic E-state index is 9.06. The van der Waals surface area contributed by atoms with Crippen molar-refractivity contribution in [1.29, 1.82) is 0 Å². The first-order valence-corrected chi connectivity index (χ1v) is 4.26. The molecule has 62 valence electrons. The van der Waals surface area contributed by atoms with Crippen molar-refractivity contribution in [2.45, 2.75) is 26.5 Å². The number of aliphatic hydroxyl groups excluding tert-OH is 1. The van der Waals surface area contributed by atoms with E-state index in [1.54, 1.807) is 17.8 Å². The summed E-state index contributed by atoms with van der Waals surface area (Å²) in [6, 6.07) is 0. The van der Waals surface area contributed by atoms with Gasteiger partial charge in [0, 0.05) is 5.69 Å². The number of halogens is 1. The molecule has 1 aromatic heterocycles. The molecule has 0 aliphatic carbocycles. The Morgan fingerprint density at radius 1 is 1.82 bits per heavy atom. The third-order valence-corrected chi connectivity index (χ3v) is 2.26. The Hall–Kier alpha value is -0.350. The van der Waals surface area contributed by atoms with E-state index in [1.165, 1.54) is 0 Å². The zero-order chi connectivity index (χ0) is 8.43. The van der Waals surface area contributed by atoms with Crippen LogP contribution in [0, 0.1) is 6.92 Å². The quantitative estimate of drug-likeness (QED) is 0.814. The first kappa shape index (κ1) is 8.74. The molecule has 1 N–H and O–H groups in total. The van der Waals surface area contributed by atoms with E-state index >= 15 is 0 Å². The van der Waals surface area contributed by atoms with Crippen molar-refractivity contribution in [2.75, 3.05) is 0 Å². The molecule has 0 radical (unpaired) electrons. The highest BCUT2D eigenvalue weighted by molar-refractivity contribution is 9.10. The maximum Gasteiger partial charge on any atom is 0.0708 e. The van der Waals surface area contributed by atoms with Crippen LogP contribution in [0.25, 0.3) is 0 Å². The Morgan fingerprint density at radius 2 is 2.45 bits per heavy atom. The molecule has 0 unspecified atom stereocenters. The molecule has 1 aromatic rings. The minimum atomic E-state index is -0.347. The van der Waals surface area contributed by atoms with Crippen molar-refractivity contribution < 1.29 is 5.11 Å². The standard InChI is InChI=1S/C7H11BrN2O/c1-5(11)4-10-6(2)7(8)3-9-10/h3,5,11H,4H2,1-2H3/t5-/m0/s1. The van der Waals surface area contributed by atoms with E-state index in [9.17, 15) is 0 Å². The Labute approximate surface area is 74.2 Å². The fourth-order valence-electron chi connectivity index (χ4n) is 0.858. The predicted octanol–water partition coefficient (Wildman–Crippen LogP) is 1.33. The topological polar surface area (TPSA) is 38.0 Å². The molecule has 0 fully saturated rings. The van der Waals surface area contributed by atoms with Crippen molar-refractivity contribution in [3.05, 3.63) is 16.4 Å². The molecule has 0 aromatic carbocycles. The first-order chi connectivity index (χ1) is 5.11. The van der Waals surface area contributed by atoms with Crippen LogP contribution in [0.2, 0.25) is 0 Å². The van der Waals surface area contributed by atoms with Gasteiger partial charge in [-0.25, -0.2) is 0 Å². The highest BCUT2D eigenvalue weighted by Crippen LogP contribution is 2.14. The van der Waals surface area contributed by atoms with Crippen molar-refractivity contribution in [1.82, 2.24) is 9.78 Å². The minimum absolute atomic E-state index is 0.347. The third kappa shape index (κ3) is 2.04. The van der Waals surface area contributed by atoms with Gasteiger partial charge in [-0.2, -0.15) is 5.10 Å². The van der Waals surface area contributed by atoms with Gasteiger partial charge in [0.2, 0.25) is 0 Å². The fourth-order valence-corrected chi connectivity index (χ4v) is 1.15. The van der Waals surface area contributed by atoms with Gasteiger partial charge in [0.15, 0.2) is 0 Å². The van der Waals surface area contributed by atoms with Gasteiger partial charge in [-0.15, -0.1) is 0 Å². The van der Waals surface area contributed by atoms with Gasteiger partial charge in [0.05, 0.1) is 23.3 Å². The molecule has 1 rings (SSSR count). The van der Waals surface area contributed by atoms with Crippen molar-refractivity contribution >= 4 is 15.9 Å². The molecule has 1 heterocycles. The summed E-state index contributed by atoms with van der Waals surface area (Å²) in [7, 11) is 0. The zero-order valence-electron chi connectivity index (χ0n) is 6.58. The van der Waals surface area contributed by atoms with E-state index in [1.807, 2.05) is 6.92 Å². The highest BCUT2D eigenvalue weighted by Gasteiger charge is 2.04. The van der Waals surface area contributed by atoms with E-state index in [4.69, 9.17) is 5.11 Å². The minimum Gasteiger partial charge on any atom is -0.391 e. The summed E-state index contributed by atoms with van der Waals surface area (Å²) in [5.41, 5.74) is 1.05. The molecule has 11 heavy (non-hydrogen) atoms. The molecule has 0 amide bonds. The molecule has 0 aliphatic rings. The zero-order valence-corrected chi connectivity index (χ0v) is 8.17. The van der Waals surface area contributed by atoms with Gasteiger partial charge >= 0.3 is 0 Å². The van der Waals surface area contributed by atoms with Gasteiger partial charge in [0.25, 0.3) is 0 Å². The van der Waals surface area contributed by atoms with Gasteiger partial charge in [-0.05, 0) is 29.8 Å². The monoisotopic (exact) mass is 218 g/mol. The molecule has 1 atom stereocenters. The normalized spacial score (nSPS) is 13.5. The number of hydrogen-bond acceptors (Lipinski definition) is 2. The Morgan fingerprint density at radius 3 is 2.82 bits per heavy atom. The average molecular weight is 219 g/mol. The lowest BCUT2D eigenvalue weighted by atomic mass is 10.4. The molecule has 0 saturated carbocycles. The van der Waals surface area contributed by atoms with Crippen LogP contribution in [0.15, 0.2) is 10.7 Å². The average Bonchev–Trinajstić information content (AvgIpc) is 2.18. The van der Waals surface area contributed by atoms with Crippen LogP contribution in [0.4, 0.5) is 0 Å². The lowest BCUT2D eigenvalue weighted by molar-refractivity contribution is 0.167. The second-order valence-electron chi connectivity index (χ2n) is 2.61. The number of rotatable bonds is 2. The van der Waals surface area contributed by atoms with Crippen LogP contribution in [-0.2, 0) is 6.54 Å². The van der Waals surface area contributed by atoms with Crippen molar-refractivity contribution in [3.63, 3.8) is 0 Å². The highest BCUT2D eigenvalue weighted by atomic mass is 79.9. The first-order valence-electron chi connectivity index (χ1n) is 3.47. The number of aliphatic hydroxyl groups is 1. The Balaban J connectivity index is 2.79. The summed E-state index contributed by atoms with van der Waals surface area (Å²) in [5.74, 6) is 0. The number of nitrogens with zero attached hydrogens (tertiary/aromatic N) is 2. The molecule has 4 heteroatoms. The number of hydrogen-bond donors (Lipinski definition) is 1. The second-order valence-corrected chi connectivity index (χ2v) is 3.46. The van der Waals surface area contributed by atoms with Crippen LogP contribution in [0.3, 0.4) is 0 Å². The molecular weight excluding hydrogens is 208 g/mol. The van der Waals surface area contributed by atoms with Crippen molar-refractivity contribution in [3.8, 4) is 0 Å². The smallest absolute Gasteiger partial charge is 0.0708 e. The lowest BCUT2D eigenvalue weighted by Crippen LogP contribution is -2.13. The third-order valence-electron chi connectivity index (χ3n) is 1.48. The van der Waals surface area contributed by atoms with Crippen LogP contribution in [0.5, 0.6) is 0 Å². The number of aromatic nitrogens is 2. The molecule has 3 nitrogen and oxygen atoms in total. The van der Waals surface area contributed by atoms with Crippen LogP contribution in [-0.4, -0.2) is 21.0 Å². The second kappa shape index (κ2) is 3.36. The van der Waals surface area contributed by atoms with Crippen LogP contribution in [0.1, 0.15) is 12.6 Å². The molecular formula is C7H11BrN2O. The Kier molecular flexibility index (Phi) is 2.67. The SMILES string of the molecule is Cc1c(Br)cnn1C[C@H](C)O. The Bertz CT molecular complexity index is 245. The van der Waals surface area contributed by atoms with E-state index in [0.717, 1.165) is 10.2 Å². The fraction of sp³-hybridized carbons (Fsp3) is 0.571.